The van der Waals surface area contributed by atoms with Crippen molar-refractivity contribution >= 4 is 43.9 Å². The molecular weight excluding hydrogens is 635 g/mol. The van der Waals surface area contributed by atoms with Gasteiger partial charge in [-0.3, -0.25) is 9.55 Å². The fourth-order valence-electron chi connectivity index (χ4n) is 7.84. The predicted molar refractivity (Wildman–Crippen MR) is 218 cm³/mol. The number of hydrogen-bond donors (Lipinski definition) is 0. The average Bonchev–Trinajstić information content (AvgIpc) is 3.74. The molecule has 52 heavy (non-hydrogen) atoms. The van der Waals surface area contributed by atoms with E-state index in [1.807, 2.05) is 0 Å². The van der Waals surface area contributed by atoms with E-state index in [-0.39, 0.29) is 11.8 Å². The minimum Gasteiger partial charge on any atom is -0.455 e. The van der Waals surface area contributed by atoms with Crippen molar-refractivity contribution in [1.29, 1.82) is 0 Å². The van der Waals surface area contributed by atoms with Crippen LogP contribution in [-0.2, 0) is 0 Å². The quantitative estimate of drug-likeness (QED) is 0.176. The Morgan fingerprint density at radius 1 is 0.558 bits per heavy atom. The standard InChI is InChI=1S/C48H41N3O/c1-28(2)40-25-35(32-13-8-7-9-14-32)26-41(29(3)4)45(40)51-46-38-15-10-11-18-42(38)49-31(6)44(46)50-48(51)39-17-12-16-37-36-24-23-34(27-43(36)52-47(37)39)33-21-19-30(5)20-22-33/h7-29H,1-6H3. The van der Waals surface area contributed by atoms with E-state index in [9.17, 15) is 0 Å². The van der Waals surface area contributed by atoms with Crippen LogP contribution in [0.1, 0.15) is 61.9 Å². The number of para-hydroxylation sites is 2. The number of nitrogens with zero attached hydrogens (tertiary/aromatic N) is 3. The van der Waals surface area contributed by atoms with Crippen molar-refractivity contribution in [2.24, 2.45) is 0 Å². The van der Waals surface area contributed by atoms with Crippen molar-refractivity contribution in [2.45, 2.75) is 53.4 Å². The number of hydrogen-bond acceptors (Lipinski definition) is 3. The SMILES string of the molecule is Cc1ccc(-c2ccc3c(c2)oc2c(-c4nc5c(C)nc6ccccc6c5n4-c4c(C(C)C)cc(-c5ccccc5)cc4C(C)C)cccc23)cc1. The second-order valence-corrected chi connectivity index (χ2v) is 14.7. The Morgan fingerprint density at radius 3 is 1.94 bits per heavy atom. The molecule has 254 valence electrons. The largest absolute Gasteiger partial charge is 0.455 e. The summed E-state index contributed by atoms with van der Waals surface area (Å²) in [6.45, 7) is 13.4. The lowest BCUT2D eigenvalue weighted by atomic mass is 9.88. The molecule has 0 fully saturated rings. The first-order valence-electron chi connectivity index (χ1n) is 18.3. The molecule has 0 aliphatic heterocycles. The van der Waals surface area contributed by atoms with Gasteiger partial charge in [-0.05, 0) is 95.5 Å². The van der Waals surface area contributed by atoms with Crippen molar-refractivity contribution in [3.8, 4) is 39.3 Å². The molecule has 3 heterocycles. The van der Waals surface area contributed by atoms with Gasteiger partial charge in [0.1, 0.15) is 22.5 Å². The van der Waals surface area contributed by atoms with Crippen LogP contribution in [0.15, 0.2) is 132 Å². The van der Waals surface area contributed by atoms with E-state index >= 15 is 0 Å². The zero-order chi connectivity index (χ0) is 35.7. The Morgan fingerprint density at radius 2 is 1.21 bits per heavy atom. The maximum absolute atomic E-state index is 6.89. The highest BCUT2D eigenvalue weighted by Gasteiger charge is 2.27. The number of benzene rings is 6. The van der Waals surface area contributed by atoms with Gasteiger partial charge < -0.3 is 4.42 Å². The predicted octanol–water partition coefficient (Wildman–Crippen LogP) is 13.3. The van der Waals surface area contributed by atoms with Gasteiger partial charge in [-0.15, -0.1) is 0 Å². The molecule has 0 spiro atoms. The molecule has 0 unspecified atom stereocenters. The van der Waals surface area contributed by atoms with Gasteiger partial charge >= 0.3 is 0 Å². The maximum Gasteiger partial charge on any atom is 0.149 e. The third-order valence-corrected chi connectivity index (χ3v) is 10.5. The highest BCUT2D eigenvalue weighted by atomic mass is 16.3. The van der Waals surface area contributed by atoms with E-state index in [1.54, 1.807) is 0 Å². The van der Waals surface area contributed by atoms with E-state index in [2.05, 4.69) is 174 Å². The Bertz CT molecular complexity index is 2770. The molecule has 9 rings (SSSR count). The Labute approximate surface area is 304 Å². The minimum atomic E-state index is 0.248. The highest BCUT2D eigenvalue weighted by Crippen LogP contribution is 2.44. The van der Waals surface area contributed by atoms with Crippen LogP contribution in [0.25, 0.3) is 83.2 Å². The number of fused-ring (bicyclic) bond motifs is 6. The highest BCUT2D eigenvalue weighted by molar-refractivity contribution is 6.11. The van der Waals surface area contributed by atoms with Crippen molar-refractivity contribution in [1.82, 2.24) is 14.5 Å². The molecule has 4 nitrogen and oxygen atoms in total. The molecular formula is C48H41N3O. The smallest absolute Gasteiger partial charge is 0.149 e. The summed E-state index contributed by atoms with van der Waals surface area (Å²) in [6, 6.07) is 45.7. The lowest BCUT2D eigenvalue weighted by Crippen LogP contribution is -2.10. The molecule has 0 aliphatic carbocycles. The molecule has 0 amide bonds. The van der Waals surface area contributed by atoms with E-state index in [0.29, 0.717) is 0 Å². The molecule has 0 N–H and O–H groups in total. The van der Waals surface area contributed by atoms with Gasteiger partial charge in [0.2, 0.25) is 0 Å². The van der Waals surface area contributed by atoms with Crippen molar-refractivity contribution in [2.75, 3.05) is 0 Å². The summed E-state index contributed by atoms with van der Waals surface area (Å²) in [6.07, 6.45) is 0. The Balaban J connectivity index is 1.39. The van der Waals surface area contributed by atoms with Crippen molar-refractivity contribution in [3.05, 3.63) is 150 Å². The summed E-state index contributed by atoms with van der Waals surface area (Å²) in [5.41, 5.74) is 16.3. The molecule has 9 aromatic rings. The van der Waals surface area contributed by atoms with Crippen LogP contribution in [0.5, 0.6) is 0 Å². The summed E-state index contributed by atoms with van der Waals surface area (Å²) >= 11 is 0. The zero-order valence-electron chi connectivity index (χ0n) is 30.5. The van der Waals surface area contributed by atoms with Gasteiger partial charge in [0.25, 0.3) is 0 Å². The summed E-state index contributed by atoms with van der Waals surface area (Å²) in [4.78, 5) is 10.6. The van der Waals surface area contributed by atoms with Crippen LogP contribution in [-0.4, -0.2) is 14.5 Å². The summed E-state index contributed by atoms with van der Waals surface area (Å²) in [5.74, 6) is 1.35. The fraction of sp³-hybridized carbons (Fsp3) is 0.167. The lowest BCUT2D eigenvalue weighted by Gasteiger charge is -2.24. The van der Waals surface area contributed by atoms with Gasteiger partial charge in [0.15, 0.2) is 0 Å². The third-order valence-electron chi connectivity index (χ3n) is 10.5. The van der Waals surface area contributed by atoms with Gasteiger partial charge in [0.05, 0.1) is 28.0 Å². The van der Waals surface area contributed by atoms with E-state index < -0.39 is 0 Å². The van der Waals surface area contributed by atoms with Gasteiger partial charge in [-0.2, -0.15) is 0 Å². The normalized spacial score (nSPS) is 12.0. The second kappa shape index (κ2) is 12.3. The van der Waals surface area contributed by atoms with Crippen LogP contribution < -0.4 is 0 Å². The summed E-state index contributed by atoms with van der Waals surface area (Å²) < 4.78 is 9.33. The van der Waals surface area contributed by atoms with E-state index in [4.69, 9.17) is 14.4 Å². The summed E-state index contributed by atoms with van der Waals surface area (Å²) in [5, 5.41) is 3.25. The molecule has 4 heteroatoms. The van der Waals surface area contributed by atoms with Crippen LogP contribution >= 0.6 is 0 Å². The minimum absolute atomic E-state index is 0.248. The number of rotatable bonds is 6. The molecule has 0 saturated carbocycles. The molecule has 6 aromatic carbocycles. The van der Waals surface area contributed by atoms with Crippen LogP contribution in [0, 0.1) is 13.8 Å². The van der Waals surface area contributed by atoms with Gasteiger partial charge in [-0.1, -0.05) is 124 Å². The number of imidazole rings is 1. The maximum atomic E-state index is 6.89. The second-order valence-electron chi connectivity index (χ2n) is 14.7. The molecule has 0 aliphatic rings. The number of aromatic nitrogens is 3. The number of aryl methyl sites for hydroxylation is 2. The molecule has 0 radical (unpaired) electrons. The first-order chi connectivity index (χ1) is 25.3. The lowest BCUT2D eigenvalue weighted by molar-refractivity contribution is 0.669. The van der Waals surface area contributed by atoms with Crippen LogP contribution in [0.3, 0.4) is 0 Å². The Hall–Kier alpha value is -6.00. The number of furan rings is 1. The fourth-order valence-corrected chi connectivity index (χ4v) is 7.84. The molecule has 3 aromatic heterocycles. The van der Waals surface area contributed by atoms with Crippen LogP contribution in [0.4, 0.5) is 0 Å². The van der Waals surface area contributed by atoms with Gasteiger partial charge in [-0.25, -0.2) is 4.98 Å². The van der Waals surface area contributed by atoms with Crippen molar-refractivity contribution < 1.29 is 4.42 Å². The third kappa shape index (κ3) is 5.12. The average molecular weight is 676 g/mol. The van der Waals surface area contributed by atoms with Gasteiger partial charge in [0, 0.05) is 16.2 Å². The first-order valence-corrected chi connectivity index (χ1v) is 18.3. The van der Waals surface area contributed by atoms with Crippen LogP contribution in [0.2, 0.25) is 0 Å². The molecule has 0 atom stereocenters. The molecule has 0 saturated heterocycles. The zero-order valence-corrected chi connectivity index (χ0v) is 30.5. The van der Waals surface area contributed by atoms with E-state index in [1.165, 1.54) is 39.1 Å². The molecule has 0 bridgehead atoms. The monoisotopic (exact) mass is 675 g/mol. The number of pyridine rings is 1. The summed E-state index contributed by atoms with van der Waals surface area (Å²) in [7, 11) is 0. The first kappa shape index (κ1) is 31.9. The topological polar surface area (TPSA) is 43.9 Å². The Kier molecular flexibility index (Phi) is 7.58. The van der Waals surface area contributed by atoms with E-state index in [0.717, 1.165) is 66.5 Å². The van der Waals surface area contributed by atoms with Crippen molar-refractivity contribution in [3.63, 3.8) is 0 Å².